The van der Waals surface area contributed by atoms with Crippen LogP contribution in [0.4, 0.5) is 18.9 Å². The van der Waals surface area contributed by atoms with Crippen molar-refractivity contribution >= 4 is 51.5 Å². The number of ether oxygens (including phenoxy) is 1. The van der Waals surface area contributed by atoms with Crippen LogP contribution in [-0.4, -0.2) is 34.5 Å². The zero-order valence-corrected chi connectivity index (χ0v) is 20.5. The highest BCUT2D eigenvalue weighted by Crippen LogP contribution is 2.37. The molecule has 0 amide bonds. The van der Waals surface area contributed by atoms with E-state index in [1.807, 2.05) is 18.2 Å². The van der Waals surface area contributed by atoms with Crippen LogP contribution in [0.3, 0.4) is 0 Å². The number of halogens is 6. The lowest BCUT2D eigenvalue weighted by Crippen LogP contribution is -2.49. The van der Waals surface area contributed by atoms with E-state index in [1.54, 1.807) is 28.6 Å². The molecule has 1 aliphatic rings. The number of anilines is 1. The minimum atomic E-state index is -4.79. The molecule has 180 valence electrons. The molecule has 1 fully saturated rings. The molecule has 4 rings (SSSR count). The Balaban J connectivity index is 1.59. The van der Waals surface area contributed by atoms with Crippen LogP contribution in [0.15, 0.2) is 71.6 Å². The Kier molecular flexibility index (Phi) is 7.64. The van der Waals surface area contributed by atoms with E-state index in [9.17, 15) is 17.4 Å². The van der Waals surface area contributed by atoms with Gasteiger partial charge in [-0.1, -0.05) is 46.9 Å². The van der Waals surface area contributed by atoms with Gasteiger partial charge in [0.05, 0.1) is 21.6 Å². The monoisotopic (exact) mass is 548 g/mol. The molecule has 0 saturated carbocycles. The fourth-order valence-electron chi connectivity index (χ4n) is 3.79. The lowest BCUT2D eigenvalue weighted by atomic mass is 10.0. The summed E-state index contributed by atoms with van der Waals surface area (Å²) in [5.74, 6) is -0.366. The summed E-state index contributed by atoms with van der Waals surface area (Å²) >= 11 is 18.6. The van der Waals surface area contributed by atoms with Crippen molar-refractivity contribution < 1.29 is 22.1 Å². The van der Waals surface area contributed by atoms with Crippen LogP contribution in [0.25, 0.3) is 0 Å². The Morgan fingerprint density at radius 3 is 2.15 bits per heavy atom. The minimum Gasteiger partial charge on any atom is -0.406 e. The first-order valence-electron chi connectivity index (χ1n) is 10.1. The van der Waals surface area contributed by atoms with E-state index in [0.717, 1.165) is 23.4 Å². The average Bonchev–Trinajstić information content (AvgIpc) is 2.78. The highest BCUT2D eigenvalue weighted by atomic mass is 35.5. The van der Waals surface area contributed by atoms with Gasteiger partial charge in [0.25, 0.3) is 0 Å². The summed E-state index contributed by atoms with van der Waals surface area (Å²) in [4.78, 5) is 2.50. The average molecular weight is 550 g/mol. The van der Waals surface area contributed by atoms with Gasteiger partial charge in [0.2, 0.25) is 0 Å². The summed E-state index contributed by atoms with van der Waals surface area (Å²) in [7, 11) is -1.59. The van der Waals surface area contributed by atoms with Gasteiger partial charge in [-0.3, -0.25) is 0 Å². The molecule has 0 N–H and O–H groups in total. The van der Waals surface area contributed by atoms with Gasteiger partial charge in [-0.2, -0.15) is 0 Å². The van der Waals surface area contributed by atoms with Crippen LogP contribution >= 0.6 is 34.8 Å². The summed E-state index contributed by atoms with van der Waals surface area (Å²) in [5.41, 5.74) is 1.75. The number of rotatable bonds is 5. The molecule has 2 atom stereocenters. The molecule has 1 heterocycles. The van der Waals surface area contributed by atoms with Crippen molar-refractivity contribution in [1.82, 2.24) is 4.31 Å². The Bertz CT molecular complexity index is 1180. The van der Waals surface area contributed by atoms with Crippen LogP contribution in [-0.2, 0) is 11.0 Å². The molecule has 0 aromatic heterocycles. The zero-order chi connectivity index (χ0) is 24.5. The van der Waals surface area contributed by atoms with Gasteiger partial charge in [-0.25, -0.2) is 8.51 Å². The van der Waals surface area contributed by atoms with Crippen molar-refractivity contribution in [2.45, 2.75) is 17.3 Å². The topological polar surface area (TPSA) is 32.8 Å². The van der Waals surface area contributed by atoms with E-state index in [2.05, 4.69) is 9.64 Å². The van der Waals surface area contributed by atoms with E-state index in [-0.39, 0.29) is 11.8 Å². The standard InChI is InChI=1S/C23H18Cl3F3N2O2S/c24-16-3-1-15(2-4-16)22-14-30(11-12-31(22)21-10-5-17(25)13-20(21)26)34(32)19-8-6-18(7-9-19)33-23(27,28)29/h1-10,13,22H,11-12,14H2. The number of nitrogens with zero attached hydrogens (tertiary/aromatic N) is 2. The second kappa shape index (κ2) is 10.3. The van der Waals surface area contributed by atoms with Gasteiger partial charge < -0.3 is 9.64 Å². The van der Waals surface area contributed by atoms with Crippen molar-refractivity contribution in [3.63, 3.8) is 0 Å². The number of hydrogen-bond donors (Lipinski definition) is 0. The summed E-state index contributed by atoms with van der Waals surface area (Å²) < 4.78 is 56.2. The molecule has 3 aromatic carbocycles. The molecule has 2 unspecified atom stereocenters. The number of benzene rings is 3. The third-order valence-electron chi connectivity index (χ3n) is 5.31. The fraction of sp³-hybridized carbons (Fsp3) is 0.217. The number of hydrogen-bond acceptors (Lipinski definition) is 3. The quantitative estimate of drug-likeness (QED) is 0.339. The van der Waals surface area contributed by atoms with Gasteiger partial charge >= 0.3 is 6.36 Å². The Labute approximate surface area is 212 Å². The van der Waals surface area contributed by atoms with Crippen LogP contribution in [0.2, 0.25) is 15.1 Å². The smallest absolute Gasteiger partial charge is 0.406 e. The molecule has 0 bridgehead atoms. The molecule has 0 radical (unpaired) electrons. The first kappa shape index (κ1) is 25.1. The van der Waals surface area contributed by atoms with Crippen molar-refractivity contribution in [2.24, 2.45) is 0 Å². The van der Waals surface area contributed by atoms with Crippen molar-refractivity contribution in [3.8, 4) is 5.75 Å². The Morgan fingerprint density at radius 1 is 0.882 bits per heavy atom. The van der Waals surface area contributed by atoms with Gasteiger partial charge in [-0.05, 0) is 60.2 Å². The normalized spacial score (nSPS) is 18.1. The van der Waals surface area contributed by atoms with Crippen molar-refractivity contribution in [3.05, 3.63) is 87.4 Å². The highest BCUT2D eigenvalue weighted by Gasteiger charge is 2.33. The molecular weight excluding hydrogens is 532 g/mol. The lowest BCUT2D eigenvalue weighted by Gasteiger charge is -2.42. The summed E-state index contributed by atoms with van der Waals surface area (Å²) in [6, 6.07) is 17.5. The molecule has 34 heavy (non-hydrogen) atoms. The molecule has 0 spiro atoms. The lowest BCUT2D eigenvalue weighted by molar-refractivity contribution is -0.274. The Morgan fingerprint density at radius 2 is 1.53 bits per heavy atom. The van der Waals surface area contributed by atoms with Crippen LogP contribution in [0, 0.1) is 0 Å². The summed E-state index contributed by atoms with van der Waals surface area (Å²) in [6.45, 7) is 1.33. The van der Waals surface area contributed by atoms with Crippen molar-refractivity contribution in [1.29, 1.82) is 0 Å². The second-order valence-corrected chi connectivity index (χ2v) is 10.3. The summed E-state index contributed by atoms with van der Waals surface area (Å²) in [5, 5.41) is 1.62. The molecule has 0 aliphatic carbocycles. The predicted octanol–water partition coefficient (Wildman–Crippen LogP) is 7.13. The molecule has 11 heteroatoms. The van der Waals surface area contributed by atoms with Gasteiger partial charge in [0, 0.05) is 29.7 Å². The second-order valence-electron chi connectivity index (χ2n) is 7.51. The van der Waals surface area contributed by atoms with Gasteiger partial charge in [-0.15, -0.1) is 13.2 Å². The Hall–Kier alpha value is -1.97. The maximum Gasteiger partial charge on any atom is 0.573 e. The maximum atomic E-state index is 13.3. The zero-order valence-electron chi connectivity index (χ0n) is 17.4. The van der Waals surface area contributed by atoms with Crippen LogP contribution < -0.4 is 9.64 Å². The largest absolute Gasteiger partial charge is 0.573 e. The van der Waals surface area contributed by atoms with E-state index in [0.29, 0.717) is 39.6 Å². The van der Waals surface area contributed by atoms with Gasteiger partial charge in [0.1, 0.15) is 16.7 Å². The van der Waals surface area contributed by atoms with Gasteiger partial charge in [0.15, 0.2) is 0 Å². The van der Waals surface area contributed by atoms with E-state index >= 15 is 0 Å². The third-order valence-corrected chi connectivity index (χ3v) is 7.58. The molecule has 4 nitrogen and oxygen atoms in total. The fourth-order valence-corrected chi connectivity index (χ4v) is 5.62. The number of piperazine rings is 1. The first-order valence-corrected chi connectivity index (χ1v) is 12.3. The maximum absolute atomic E-state index is 13.3. The third kappa shape index (κ3) is 5.98. The van der Waals surface area contributed by atoms with Crippen molar-refractivity contribution in [2.75, 3.05) is 24.5 Å². The van der Waals surface area contributed by atoms with Crippen LogP contribution in [0.1, 0.15) is 11.6 Å². The van der Waals surface area contributed by atoms with E-state index < -0.39 is 17.3 Å². The minimum absolute atomic E-state index is 0.207. The molecule has 3 aromatic rings. The molecule has 1 saturated heterocycles. The van der Waals surface area contributed by atoms with Crippen LogP contribution in [0.5, 0.6) is 5.75 Å². The van der Waals surface area contributed by atoms with E-state index in [1.165, 1.54) is 12.1 Å². The predicted molar refractivity (Wildman–Crippen MR) is 129 cm³/mol. The SMILES string of the molecule is O=S(c1ccc(OC(F)(F)F)cc1)N1CCN(c2ccc(Cl)cc2Cl)C(c2ccc(Cl)cc2)C1. The molecule has 1 aliphatic heterocycles. The molecular formula is C23H18Cl3F3N2O2S. The number of alkyl halides is 3. The van der Waals surface area contributed by atoms with E-state index in [4.69, 9.17) is 34.8 Å². The first-order chi connectivity index (χ1) is 16.1. The summed E-state index contributed by atoms with van der Waals surface area (Å²) in [6.07, 6.45) is -4.79. The highest BCUT2D eigenvalue weighted by molar-refractivity contribution is 7.82.